The molecule has 3 amide bonds. The minimum absolute atomic E-state index is 0.216. The number of carbonyl (C=O) groups is 6. The number of carbonyl (C=O) groups excluding carboxylic acids is 6. The van der Waals surface area contributed by atoms with Crippen LogP contribution in [0.1, 0.15) is 97.6 Å². The molecule has 0 spiro atoms. The molecule has 4 atom stereocenters. The van der Waals surface area contributed by atoms with Gasteiger partial charge in [-0.15, -0.1) is 0 Å². The first-order valence-corrected chi connectivity index (χ1v) is 17.6. The second-order valence-corrected chi connectivity index (χ2v) is 14.5. The molecule has 2 aliphatic heterocycles. The highest BCUT2D eigenvalue weighted by molar-refractivity contribution is 6.02. The Morgan fingerprint density at radius 2 is 1.55 bits per heavy atom. The summed E-state index contributed by atoms with van der Waals surface area (Å²) < 4.78 is 10.8. The van der Waals surface area contributed by atoms with Crippen molar-refractivity contribution in [2.24, 2.45) is 0 Å². The van der Waals surface area contributed by atoms with Crippen LogP contribution in [0.2, 0.25) is 0 Å². The monoisotopic (exact) mass is 697 g/mol. The Kier molecular flexibility index (Phi) is 11.6. The molecule has 3 aromatic carbocycles. The highest BCUT2D eigenvalue weighted by Gasteiger charge is 2.45. The first-order valence-electron chi connectivity index (χ1n) is 17.6. The van der Waals surface area contributed by atoms with Crippen molar-refractivity contribution >= 4 is 46.2 Å². The lowest BCUT2D eigenvalue weighted by molar-refractivity contribution is -0.157. The second-order valence-electron chi connectivity index (χ2n) is 14.5. The van der Waals surface area contributed by atoms with Crippen LogP contribution in [-0.4, -0.2) is 76.7 Å². The standard InChI is InChI=1S/C40H47N3O8/c1-24-11-10-12-25(2)35(24)39(49)50-23-33(44)31(22-34(45)51-40(3,4)5)42-37(47)32-20-19-29-15-8-9-16-30(38(48)43(29)32)41-36(46)28-18-17-26-13-6-7-14-27(26)21-28/h6-7,10-14,17-18,21,29-32H,8-9,15-16,19-20,22-23H2,1-5H3,(H,41,46)(H,42,47)/t29-,30-,31-,32-/m0/s1. The Balaban J connectivity index is 1.31. The lowest BCUT2D eigenvalue weighted by Gasteiger charge is -2.35. The fourth-order valence-corrected chi connectivity index (χ4v) is 7.00. The summed E-state index contributed by atoms with van der Waals surface area (Å²) in [7, 11) is 0. The normalized spacial score (nSPS) is 19.7. The first-order chi connectivity index (χ1) is 24.2. The van der Waals surface area contributed by atoms with E-state index in [1.54, 1.807) is 63.8 Å². The Hall–Kier alpha value is -5.06. The number of benzene rings is 3. The van der Waals surface area contributed by atoms with E-state index in [2.05, 4.69) is 10.6 Å². The number of fused-ring (bicyclic) bond motifs is 2. The molecule has 11 nitrogen and oxygen atoms in total. The molecule has 2 N–H and O–H groups in total. The van der Waals surface area contributed by atoms with Gasteiger partial charge >= 0.3 is 11.9 Å². The summed E-state index contributed by atoms with van der Waals surface area (Å²) in [5.74, 6) is -3.44. The maximum absolute atomic E-state index is 14.1. The van der Waals surface area contributed by atoms with Crippen LogP contribution >= 0.6 is 0 Å². The molecule has 3 aromatic rings. The molecule has 5 rings (SSSR count). The van der Waals surface area contributed by atoms with Crippen LogP contribution in [0.4, 0.5) is 0 Å². The van der Waals surface area contributed by atoms with Gasteiger partial charge in [0, 0.05) is 11.6 Å². The summed E-state index contributed by atoms with van der Waals surface area (Å²) in [4.78, 5) is 82.3. The van der Waals surface area contributed by atoms with E-state index in [4.69, 9.17) is 9.47 Å². The van der Waals surface area contributed by atoms with Gasteiger partial charge in [0.1, 0.15) is 23.7 Å². The van der Waals surface area contributed by atoms with Crippen molar-refractivity contribution in [1.82, 2.24) is 15.5 Å². The summed E-state index contributed by atoms with van der Waals surface area (Å²) in [5, 5.41) is 7.50. The molecule has 0 aromatic heterocycles. The summed E-state index contributed by atoms with van der Waals surface area (Å²) >= 11 is 0. The summed E-state index contributed by atoms with van der Waals surface area (Å²) in [6, 6.07) is 15.0. The molecule has 0 saturated carbocycles. The van der Waals surface area contributed by atoms with Crippen LogP contribution in [0.15, 0.2) is 60.7 Å². The predicted octanol–water partition coefficient (Wildman–Crippen LogP) is 5.13. The van der Waals surface area contributed by atoms with E-state index in [1.165, 1.54) is 0 Å². The fraction of sp³-hybridized carbons (Fsp3) is 0.450. The number of ether oxygens (including phenoxy) is 2. The lowest BCUT2D eigenvalue weighted by atomic mass is 9.98. The van der Waals surface area contributed by atoms with Crippen LogP contribution in [0, 0.1) is 13.8 Å². The quantitative estimate of drug-likeness (QED) is 0.277. The maximum Gasteiger partial charge on any atom is 0.339 e. The van der Waals surface area contributed by atoms with Gasteiger partial charge in [-0.05, 0) is 94.3 Å². The average molecular weight is 698 g/mol. The largest absolute Gasteiger partial charge is 0.460 e. The number of hydrogen-bond donors (Lipinski definition) is 2. The topological polar surface area (TPSA) is 148 Å². The number of rotatable bonds is 10. The van der Waals surface area contributed by atoms with Crippen LogP contribution in [0.5, 0.6) is 0 Å². The van der Waals surface area contributed by atoms with Crippen molar-refractivity contribution in [3.63, 3.8) is 0 Å². The fourth-order valence-electron chi connectivity index (χ4n) is 7.00. The molecule has 0 radical (unpaired) electrons. The van der Waals surface area contributed by atoms with Crippen molar-refractivity contribution in [2.45, 2.75) is 109 Å². The molecular formula is C40H47N3O8. The maximum atomic E-state index is 14.1. The van der Waals surface area contributed by atoms with Crippen LogP contribution in [0.25, 0.3) is 10.8 Å². The third-order valence-electron chi connectivity index (χ3n) is 9.48. The van der Waals surface area contributed by atoms with Crippen molar-refractivity contribution in [3.05, 3.63) is 82.9 Å². The van der Waals surface area contributed by atoms with E-state index >= 15 is 0 Å². The zero-order valence-electron chi connectivity index (χ0n) is 30.0. The molecule has 2 saturated heterocycles. The molecular weight excluding hydrogens is 650 g/mol. The van der Waals surface area contributed by atoms with Gasteiger partial charge < -0.3 is 25.0 Å². The minimum atomic E-state index is -1.37. The average Bonchev–Trinajstić information content (AvgIpc) is 3.49. The zero-order valence-corrected chi connectivity index (χ0v) is 30.0. The molecule has 2 heterocycles. The molecule has 0 bridgehead atoms. The number of amides is 3. The van der Waals surface area contributed by atoms with Crippen molar-refractivity contribution in [2.75, 3.05) is 6.61 Å². The highest BCUT2D eigenvalue weighted by atomic mass is 16.6. The van der Waals surface area contributed by atoms with E-state index in [1.807, 2.05) is 36.4 Å². The molecule has 270 valence electrons. The van der Waals surface area contributed by atoms with Gasteiger partial charge in [-0.25, -0.2) is 4.79 Å². The van der Waals surface area contributed by atoms with Gasteiger partial charge in [-0.2, -0.15) is 0 Å². The smallest absolute Gasteiger partial charge is 0.339 e. The van der Waals surface area contributed by atoms with Crippen LogP contribution in [0.3, 0.4) is 0 Å². The molecule has 51 heavy (non-hydrogen) atoms. The number of hydrogen-bond acceptors (Lipinski definition) is 8. The Labute approximate surface area is 298 Å². The van der Waals surface area contributed by atoms with Gasteiger partial charge in [0.25, 0.3) is 5.91 Å². The molecule has 0 unspecified atom stereocenters. The minimum Gasteiger partial charge on any atom is -0.460 e. The summed E-state index contributed by atoms with van der Waals surface area (Å²) in [6.45, 7) is 7.91. The van der Waals surface area contributed by atoms with E-state index in [-0.39, 0.29) is 17.9 Å². The van der Waals surface area contributed by atoms with Crippen molar-refractivity contribution in [1.29, 1.82) is 0 Å². The number of ketones is 1. The number of esters is 2. The summed E-state index contributed by atoms with van der Waals surface area (Å²) in [5.41, 5.74) is 1.30. The zero-order chi connectivity index (χ0) is 36.9. The predicted molar refractivity (Wildman–Crippen MR) is 191 cm³/mol. The number of nitrogens with zero attached hydrogens (tertiary/aromatic N) is 1. The number of nitrogens with one attached hydrogen (secondary N) is 2. The number of aryl methyl sites for hydroxylation is 2. The first kappa shape index (κ1) is 37.2. The third kappa shape index (κ3) is 9.19. The van der Waals surface area contributed by atoms with E-state index in [0.717, 1.165) is 23.6 Å². The molecule has 11 heteroatoms. The summed E-state index contributed by atoms with van der Waals surface area (Å²) in [6.07, 6.45) is 3.11. The second kappa shape index (κ2) is 15.9. The Morgan fingerprint density at radius 3 is 2.25 bits per heavy atom. The van der Waals surface area contributed by atoms with Gasteiger partial charge in [0.2, 0.25) is 11.8 Å². The highest BCUT2D eigenvalue weighted by Crippen LogP contribution is 2.32. The van der Waals surface area contributed by atoms with Crippen molar-refractivity contribution < 1.29 is 38.2 Å². The molecule has 2 fully saturated rings. The van der Waals surface area contributed by atoms with E-state index in [9.17, 15) is 28.8 Å². The van der Waals surface area contributed by atoms with Crippen LogP contribution < -0.4 is 10.6 Å². The van der Waals surface area contributed by atoms with E-state index < -0.39 is 60.4 Å². The van der Waals surface area contributed by atoms with Crippen LogP contribution in [-0.2, 0) is 28.7 Å². The number of Topliss-reactive ketones (excluding diaryl/α,β-unsaturated/α-hetero) is 1. The Bertz CT molecular complexity index is 1810. The molecule has 0 aliphatic carbocycles. The van der Waals surface area contributed by atoms with Crippen molar-refractivity contribution in [3.8, 4) is 0 Å². The Morgan fingerprint density at radius 1 is 0.863 bits per heavy atom. The lowest BCUT2D eigenvalue weighted by Crippen LogP contribution is -2.58. The van der Waals surface area contributed by atoms with Gasteiger partial charge in [0.05, 0.1) is 12.0 Å². The third-order valence-corrected chi connectivity index (χ3v) is 9.48. The molecule has 2 aliphatic rings. The SMILES string of the molecule is Cc1cccc(C)c1C(=O)OCC(=O)[C@H](CC(=O)OC(C)(C)C)NC(=O)[C@@H]1CC[C@@H]2CCCC[C@H](NC(=O)c3ccc4ccccc4c3)C(=O)N21. The van der Waals surface area contributed by atoms with Gasteiger partial charge in [-0.1, -0.05) is 61.4 Å². The van der Waals surface area contributed by atoms with Gasteiger partial charge in [0.15, 0.2) is 12.4 Å². The van der Waals surface area contributed by atoms with E-state index in [0.29, 0.717) is 47.9 Å². The van der Waals surface area contributed by atoms with Gasteiger partial charge in [-0.3, -0.25) is 24.0 Å².